The van der Waals surface area contributed by atoms with Crippen molar-refractivity contribution in [3.05, 3.63) is 66.5 Å². The fraction of sp³-hybridized carbons (Fsp3) is 0.281. The molecule has 1 aliphatic heterocycles. The van der Waals surface area contributed by atoms with Crippen molar-refractivity contribution in [3.8, 4) is 11.5 Å². The van der Waals surface area contributed by atoms with Gasteiger partial charge >= 0.3 is 12.0 Å². The number of rotatable bonds is 11. The van der Waals surface area contributed by atoms with Gasteiger partial charge in [-0.1, -0.05) is 17.4 Å². The van der Waals surface area contributed by atoms with Crippen LogP contribution in [0.5, 0.6) is 11.5 Å². The molecule has 46 heavy (non-hydrogen) atoms. The van der Waals surface area contributed by atoms with Crippen LogP contribution < -0.4 is 25.4 Å². The molecule has 0 atom stereocenters. The number of benzene rings is 3. The van der Waals surface area contributed by atoms with Crippen LogP contribution in [0.15, 0.2) is 60.9 Å². The number of carboxylic acids is 1. The molecule has 0 saturated carbocycles. The van der Waals surface area contributed by atoms with Crippen molar-refractivity contribution in [2.75, 3.05) is 69.4 Å². The number of anilines is 4. The molecule has 4 N–H and O–H groups in total. The zero-order valence-corrected chi connectivity index (χ0v) is 26.3. The van der Waals surface area contributed by atoms with Gasteiger partial charge in [0, 0.05) is 55.6 Å². The van der Waals surface area contributed by atoms with Crippen molar-refractivity contribution >= 4 is 66.8 Å². The Morgan fingerprint density at radius 3 is 2.61 bits per heavy atom. The van der Waals surface area contributed by atoms with E-state index in [0.29, 0.717) is 40.3 Å². The second kappa shape index (κ2) is 13.9. The van der Waals surface area contributed by atoms with Crippen molar-refractivity contribution in [1.82, 2.24) is 24.8 Å². The number of thiazole rings is 1. The van der Waals surface area contributed by atoms with Crippen LogP contribution >= 0.6 is 11.3 Å². The van der Waals surface area contributed by atoms with Crippen LogP contribution in [-0.4, -0.2) is 95.3 Å². The number of carbonyl (C=O) groups is 2. The van der Waals surface area contributed by atoms with Crippen molar-refractivity contribution < 1.29 is 24.2 Å². The number of nitrogens with zero attached hydrogens (tertiary/aromatic N) is 5. The lowest BCUT2D eigenvalue weighted by Crippen LogP contribution is -2.44. The summed E-state index contributed by atoms with van der Waals surface area (Å²) in [5.74, 6) is 0.777. The van der Waals surface area contributed by atoms with Gasteiger partial charge < -0.3 is 35.0 Å². The highest BCUT2D eigenvalue weighted by Crippen LogP contribution is 2.36. The molecule has 238 valence electrons. The Labute approximate surface area is 269 Å². The number of aromatic carboxylic acids is 1. The number of likely N-dealkylation sites (N-methyl/N-ethyl adjacent to an activating group) is 1. The van der Waals surface area contributed by atoms with Gasteiger partial charge in [-0.25, -0.2) is 24.5 Å². The Hall–Kier alpha value is -5.05. The maximum Gasteiger partial charge on any atom is 0.335 e. The van der Waals surface area contributed by atoms with E-state index in [1.807, 2.05) is 30.3 Å². The lowest BCUT2D eigenvalue weighted by atomic mass is 10.2. The Morgan fingerprint density at radius 1 is 0.957 bits per heavy atom. The molecule has 3 aromatic carbocycles. The van der Waals surface area contributed by atoms with E-state index in [1.165, 1.54) is 29.8 Å². The van der Waals surface area contributed by atoms with Gasteiger partial charge in [0.05, 0.1) is 35.0 Å². The first-order valence-corrected chi connectivity index (χ1v) is 15.6. The maximum absolute atomic E-state index is 12.5. The molecular formula is C32H34N8O5S. The molecule has 0 unspecified atom stereocenters. The van der Waals surface area contributed by atoms with Crippen molar-refractivity contribution in [2.24, 2.45) is 0 Å². The standard InChI is InChI=1S/C32H34N8O5S/c1-39-10-12-40(13-11-39)9-4-14-45-27-18-25-23(17-26(27)44-2)29(34-19-33-25)35-22-7-8-24-28(16-22)46-32(37-24)38-31(43)36-21-6-3-5-20(15-21)30(41)42/h3,5-8,15-19H,4,9-14H2,1-2H3,(H,41,42)(H,33,34,35)(H2,36,37,38,43). The third-order valence-electron chi connectivity index (χ3n) is 7.63. The topological polar surface area (TPSA) is 154 Å². The van der Waals surface area contributed by atoms with Gasteiger partial charge in [0.15, 0.2) is 16.6 Å². The lowest BCUT2D eigenvalue weighted by molar-refractivity contribution is 0.0697. The van der Waals surface area contributed by atoms with Gasteiger partial charge in [-0.15, -0.1) is 0 Å². The largest absolute Gasteiger partial charge is 0.493 e. The minimum atomic E-state index is -1.07. The number of carboxylic acid groups (broad SMARTS) is 1. The van der Waals surface area contributed by atoms with Gasteiger partial charge in [-0.3, -0.25) is 5.32 Å². The molecule has 13 nitrogen and oxygen atoms in total. The molecule has 5 aromatic rings. The lowest BCUT2D eigenvalue weighted by Gasteiger charge is -2.32. The van der Waals surface area contributed by atoms with Gasteiger partial charge in [0.25, 0.3) is 0 Å². The number of carbonyl (C=O) groups excluding carboxylic acids is 1. The van der Waals surface area contributed by atoms with Crippen molar-refractivity contribution in [1.29, 1.82) is 0 Å². The number of hydrogen-bond donors (Lipinski definition) is 4. The van der Waals surface area contributed by atoms with Crippen LogP contribution in [0.25, 0.3) is 21.1 Å². The van der Waals surface area contributed by atoms with Crippen LogP contribution in [0, 0.1) is 0 Å². The summed E-state index contributed by atoms with van der Waals surface area (Å²) in [6.07, 6.45) is 2.43. The van der Waals surface area contributed by atoms with E-state index in [-0.39, 0.29) is 5.56 Å². The average molecular weight is 643 g/mol. The number of piperazine rings is 1. The van der Waals surface area contributed by atoms with E-state index in [9.17, 15) is 14.7 Å². The smallest absolute Gasteiger partial charge is 0.335 e. The maximum atomic E-state index is 12.5. The van der Waals surface area contributed by atoms with Crippen LogP contribution in [0.2, 0.25) is 0 Å². The fourth-order valence-corrected chi connectivity index (χ4v) is 6.06. The molecular weight excluding hydrogens is 608 g/mol. The quantitative estimate of drug-likeness (QED) is 0.138. The normalized spacial score (nSPS) is 13.9. The zero-order valence-electron chi connectivity index (χ0n) is 25.4. The molecule has 3 heterocycles. The second-order valence-electron chi connectivity index (χ2n) is 10.9. The van der Waals surface area contributed by atoms with E-state index in [2.05, 4.69) is 47.7 Å². The predicted molar refractivity (Wildman–Crippen MR) is 179 cm³/mol. The molecule has 2 aromatic heterocycles. The Balaban J connectivity index is 1.11. The third-order valence-corrected chi connectivity index (χ3v) is 8.57. The van der Waals surface area contributed by atoms with Crippen molar-refractivity contribution in [3.63, 3.8) is 0 Å². The van der Waals surface area contributed by atoms with E-state index < -0.39 is 12.0 Å². The molecule has 2 amide bonds. The van der Waals surface area contributed by atoms with E-state index in [0.717, 1.165) is 60.4 Å². The van der Waals surface area contributed by atoms with Crippen LogP contribution in [0.1, 0.15) is 16.8 Å². The third kappa shape index (κ3) is 7.42. The number of fused-ring (bicyclic) bond motifs is 2. The van der Waals surface area contributed by atoms with Gasteiger partial charge in [0.2, 0.25) is 0 Å². The summed E-state index contributed by atoms with van der Waals surface area (Å²) in [7, 11) is 3.77. The van der Waals surface area contributed by atoms with Crippen LogP contribution in [0.3, 0.4) is 0 Å². The monoisotopic (exact) mass is 642 g/mol. The summed E-state index contributed by atoms with van der Waals surface area (Å²) >= 11 is 1.31. The molecule has 0 radical (unpaired) electrons. The average Bonchev–Trinajstić information content (AvgIpc) is 3.45. The molecule has 0 aliphatic carbocycles. The van der Waals surface area contributed by atoms with E-state index >= 15 is 0 Å². The fourth-order valence-electron chi connectivity index (χ4n) is 5.16. The van der Waals surface area contributed by atoms with Gasteiger partial charge in [0.1, 0.15) is 12.1 Å². The zero-order chi connectivity index (χ0) is 32.0. The number of aromatic nitrogens is 3. The SMILES string of the molecule is COc1cc2c(Nc3ccc4nc(NC(=O)Nc5cccc(C(=O)O)c5)sc4c3)ncnc2cc1OCCCN1CCN(C)CC1. The minimum absolute atomic E-state index is 0.0775. The van der Waals surface area contributed by atoms with E-state index in [4.69, 9.17) is 9.47 Å². The number of nitrogens with one attached hydrogen (secondary N) is 3. The highest BCUT2D eigenvalue weighted by Gasteiger charge is 2.16. The molecule has 14 heteroatoms. The summed E-state index contributed by atoms with van der Waals surface area (Å²) in [4.78, 5) is 42.0. The molecule has 1 fully saturated rings. The van der Waals surface area contributed by atoms with Crippen LogP contribution in [0.4, 0.5) is 27.1 Å². The summed E-state index contributed by atoms with van der Waals surface area (Å²) in [6.45, 7) is 5.94. The summed E-state index contributed by atoms with van der Waals surface area (Å²) in [5, 5.41) is 19.1. The van der Waals surface area contributed by atoms with E-state index in [1.54, 1.807) is 19.2 Å². The number of urea groups is 1. The van der Waals surface area contributed by atoms with Crippen LogP contribution in [-0.2, 0) is 0 Å². The minimum Gasteiger partial charge on any atom is -0.493 e. The second-order valence-corrected chi connectivity index (χ2v) is 11.9. The summed E-state index contributed by atoms with van der Waals surface area (Å²) in [6, 6.07) is 14.9. The molecule has 0 spiro atoms. The number of hydrogen-bond acceptors (Lipinski definition) is 11. The summed E-state index contributed by atoms with van der Waals surface area (Å²) < 4.78 is 12.6. The Morgan fingerprint density at radius 2 is 1.80 bits per heavy atom. The first-order chi connectivity index (χ1) is 22.3. The number of amides is 2. The van der Waals surface area contributed by atoms with Crippen molar-refractivity contribution in [2.45, 2.75) is 6.42 Å². The highest BCUT2D eigenvalue weighted by atomic mass is 32.1. The summed E-state index contributed by atoms with van der Waals surface area (Å²) in [5.41, 5.74) is 2.65. The first kappa shape index (κ1) is 31.0. The first-order valence-electron chi connectivity index (χ1n) is 14.8. The van der Waals surface area contributed by atoms with Gasteiger partial charge in [-0.2, -0.15) is 0 Å². The Bertz CT molecular complexity index is 1870. The molecule has 0 bridgehead atoms. The number of methoxy groups -OCH3 is 1. The molecule has 1 aliphatic rings. The number of ether oxygens (including phenoxy) is 2. The Kier molecular flexibility index (Phi) is 9.38. The van der Waals surface area contributed by atoms with Gasteiger partial charge in [-0.05, 0) is 55.9 Å². The predicted octanol–water partition coefficient (Wildman–Crippen LogP) is 5.35. The molecule has 6 rings (SSSR count). The highest BCUT2D eigenvalue weighted by molar-refractivity contribution is 7.22. The molecule has 1 saturated heterocycles.